The van der Waals surface area contributed by atoms with Gasteiger partial charge in [0.2, 0.25) is 10.0 Å². The van der Waals surface area contributed by atoms with Gasteiger partial charge >= 0.3 is 0 Å². The number of nitrogens with one attached hydrogen (secondary N) is 2. The van der Waals surface area contributed by atoms with Crippen LogP contribution in [0.3, 0.4) is 0 Å². The lowest BCUT2D eigenvalue weighted by Crippen LogP contribution is -2.32. The van der Waals surface area contributed by atoms with Crippen molar-refractivity contribution in [2.75, 3.05) is 25.5 Å². The van der Waals surface area contributed by atoms with Gasteiger partial charge in [-0.15, -0.1) is 0 Å². The number of amides is 1. The molecule has 1 aliphatic rings. The van der Waals surface area contributed by atoms with E-state index in [4.69, 9.17) is 4.74 Å². The molecule has 1 aromatic heterocycles. The van der Waals surface area contributed by atoms with Crippen molar-refractivity contribution in [1.29, 1.82) is 0 Å². The Morgan fingerprint density at radius 2 is 1.82 bits per heavy atom. The second-order valence-electron chi connectivity index (χ2n) is 7.08. The second kappa shape index (κ2) is 8.36. The molecular weight excluding hydrogens is 378 g/mol. The summed E-state index contributed by atoms with van der Waals surface area (Å²) < 4.78 is 33.1. The van der Waals surface area contributed by atoms with Crippen LogP contribution in [0.25, 0.3) is 0 Å². The van der Waals surface area contributed by atoms with Crippen molar-refractivity contribution in [2.45, 2.75) is 44.4 Å². The van der Waals surface area contributed by atoms with Crippen molar-refractivity contribution >= 4 is 21.6 Å². The Morgan fingerprint density at radius 3 is 2.46 bits per heavy atom. The Hall–Kier alpha value is -2.32. The van der Waals surface area contributed by atoms with Gasteiger partial charge in [-0.2, -0.15) is 4.31 Å². The molecule has 1 saturated heterocycles. The lowest BCUT2D eigenvalue weighted by molar-refractivity contribution is 0.102. The monoisotopic (exact) mass is 405 g/mol. The largest absolute Gasteiger partial charge is 0.497 e. The van der Waals surface area contributed by atoms with Gasteiger partial charge in [-0.1, -0.05) is 18.9 Å². The van der Waals surface area contributed by atoms with Gasteiger partial charge < -0.3 is 15.0 Å². The van der Waals surface area contributed by atoms with Crippen LogP contribution in [0.4, 0.5) is 5.69 Å². The van der Waals surface area contributed by atoms with Crippen LogP contribution in [0.1, 0.15) is 47.4 Å². The van der Waals surface area contributed by atoms with Crippen molar-refractivity contribution in [3.8, 4) is 5.75 Å². The van der Waals surface area contributed by atoms with E-state index in [1.54, 1.807) is 49.5 Å². The predicted molar refractivity (Wildman–Crippen MR) is 108 cm³/mol. The van der Waals surface area contributed by atoms with E-state index in [0.717, 1.165) is 25.7 Å². The van der Waals surface area contributed by atoms with E-state index in [2.05, 4.69) is 10.3 Å². The summed E-state index contributed by atoms with van der Waals surface area (Å²) in [5, 5.41) is 2.80. The third-order valence-electron chi connectivity index (χ3n) is 5.09. The summed E-state index contributed by atoms with van der Waals surface area (Å²) in [6, 6.07) is 7.01. The van der Waals surface area contributed by atoms with Crippen molar-refractivity contribution in [3.05, 3.63) is 41.2 Å². The van der Waals surface area contributed by atoms with Crippen LogP contribution in [-0.4, -0.2) is 43.8 Å². The molecule has 0 atom stereocenters. The molecule has 1 amide bonds. The number of H-pyrrole nitrogens is 1. The molecule has 0 unspecified atom stereocenters. The minimum absolute atomic E-state index is 0.213. The molecule has 28 heavy (non-hydrogen) atoms. The fourth-order valence-corrected chi connectivity index (χ4v) is 5.58. The third kappa shape index (κ3) is 4.07. The average Bonchev–Trinajstić information content (AvgIpc) is 2.84. The maximum absolute atomic E-state index is 13.2. The molecule has 7 nitrogen and oxygen atoms in total. The van der Waals surface area contributed by atoms with E-state index < -0.39 is 10.0 Å². The Balaban J connectivity index is 1.89. The molecule has 2 aromatic rings. The first kappa shape index (κ1) is 20.4. The zero-order valence-electron chi connectivity index (χ0n) is 16.5. The molecular formula is C20H27N3O4S. The van der Waals surface area contributed by atoms with Crippen LogP contribution in [-0.2, 0) is 10.0 Å². The maximum atomic E-state index is 13.2. The smallest absolute Gasteiger partial charge is 0.272 e. The highest BCUT2D eigenvalue weighted by Gasteiger charge is 2.32. The molecule has 3 rings (SSSR count). The first-order chi connectivity index (χ1) is 13.3. The van der Waals surface area contributed by atoms with E-state index in [9.17, 15) is 13.2 Å². The van der Waals surface area contributed by atoms with Crippen molar-refractivity contribution < 1.29 is 17.9 Å². The number of rotatable bonds is 5. The Morgan fingerprint density at radius 1 is 1.14 bits per heavy atom. The molecule has 152 valence electrons. The molecule has 1 aliphatic heterocycles. The van der Waals surface area contributed by atoms with Gasteiger partial charge in [-0.3, -0.25) is 4.79 Å². The summed E-state index contributed by atoms with van der Waals surface area (Å²) in [5.74, 6) is 0.243. The number of carbonyl (C=O) groups is 1. The van der Waals surface area contributed by atoms with Gasteiger partial charge in [0, 0.05) is 30.5 Å². The third-order valence-corrected chi connectivity index (χ3v) is 7.26. The van der Waals surface area contributed by atoms with E-state index in [1.165, 1.54) is 0 Å². The fraction of sp³-hybridized carbons (Fsp3) is 0.450. The SMILES string of the molecule is COc1cccc(NC(=O)c2[nH]c(C)c(S(=O)(=O)N3CCCCCC3)c2C)c1. The van der Waals surface area contributed by atoms with Crippen LogP contribution in [0, 0.1) is 13.8 Å². The first-order valence-electron chi connectivity index (χ1n) is 9.49. The number of aryl methyl sites for hydroxylation is 1. The summed E-state index contributed by atoms with van der Waals surface area (Å²) in [4.78, 5) is 16.0. The quantitative estimate of drug-likeness (QED) is 0.797. The van der Waals surface area contributed by atoms with Gasteiger partial charge in [0.1, 0.15) is 16.3 Å². The number of anilines is 1. The minimum Gasteiger partial charge on any atom is -0.497 e. The summed E-state index contributed by atoms with van der Waals surface area (Å²) in [6.45, 7) is 4.42. The highest BCUT2D eigenvalue weighted by atomic mass is 32.2. The lowest BCUT2D eigenvalue weighted by Gasteiger charge is -2.20. The van der Waals surface area contributed by atoms with Crippen molar-refractivity contribution in [2.24, 2.45) is 0 Å². The van der Waals surface area contributed by atoms with E-state index in [1.807, 2.05) is 0 Å². The lowest BCUT2D eigenvalue weighted by atomic mass is 10.2. The number of aromatic amines is 1. The number of methoxy groups -OCH3 is 1. The Labute approximate surface area is 166 Å². The van der Waals surface area contributed by atoms with E-state index >= 15 is 0 Å². The zero-order valence-corrected chi connectivity index (χ0v) is 17.4. The molecule has 8 heteroatoms. The molecule has 0 bridgehead atoms. The molecule has 1 aromatic carbocycles. The van der Waals surface area contributed by atoms with Crippen LogP contribution in [0.5, 0.6) is 5.75 Å². The topological polar surface area (TPSA) is 91.5 Å². The molecule has 2 N–H and O–H groups in total. The van der Waals surface area contributed by atoms with Crippen LogP contribution in [0.2, 0.25) is 0 Å². The summed E-state index contributed by atoms with van der Waals surface area (Å²) in [7, 11) is -2.09. The standard InChI is InChI=1S/C20H27N3O4S/c1-14-18(20(24)22-16-9-8-10-17(13-16)27-3)21-15(2)19(14)28(25,26)23-11-6-4-5-7-12-23/h8-10,13,21H,4-7,11-12H2,1-3H3,(H,22,24). The van der Waals surface area contributed by atoms with Gasteiger partial charge in [0.25, 0.3) is 5.91 Å². The van der Waals surface area contributed by atoms with Crippen LogP contribution >= 0.6 is 0 Å². The number of hydrogen-bond acceptors (Lipinski definition) is 4. The zero-order chi connectivity index (χ0) is 20.3. The fourth-order valence-electron chi connectivity index (χ4n) is 3.65. The van der Waals surface area contributed by atoms with Gasteiger partial charge in [-0.25, -0.2) is 8.42 Å². The number of sulfonamides is 1. The predicted octanol–water partition coefficient (Wildman–Crippen LogP) is 3.46. The molecule has 0 aliphatic carbocycles. The van der Waals surface area contributed by atoms with Crippen molar-refractivity contribution in [1.82, 2.24) is 9.29 Å². The van der Waals surface area contributed by atoms with Gasteiger partial charge in [0.05, 0.1) is 7.11 Å². The van der Waals surface area contributed by atoms with Crippen LogP contribution < -0.4 is 10.1 Å². The molecule has 2 heterocycles. The summed E-state index contributed by atoms with van der Waals surface area (Å²) >= 11 is 0. The average molecular weight is 406 g/mol. The van der Waals surface area contributed by atoms with Crippen LogP contribution in [0.15, 0.2) is 29.2 Å². The highest BCUT2D eigenvalue weighted by Crippen LogP contribution is 2.29. The maximum Gasteiger partial charge on any atom is 0.272 e. The number of ether oxygens (including phenoxy) is 1. The van der Waals surface area contributed by atoms with E-state index in [0.29, 0.717) is 35.8 Å². The van der Waals surface area contributed by atoms with E-state index in [-0.39, 0.29) is 16.5 Å². The summed E-state index contributed by atoms with van der Waals surface area (Å²) in [6.07, 6.45) is 3.83. The minimum atomic E-state index is -3.64. The first-order valence-corrected chi connectivity index (χ1v) is 10.9. The van der Waals surface area contributed by atoms with Gasteiger partial charge in [-0.05, 0) is 44.4 Å². The molecule has 1 fully saturated rings. The molecule has 0 saturated carbocycles. The molecule has 0 radical (unpaired) electrons. The Bertz CT molecular complexity index is 958. The van der Waals surface area contributed by atoms with Crippen molar-refractivity contribution in [3.63, 3.8) is 0 Å². The number of hydrogen-bond donors (Lipinski definition) is 2. The number of nitrogens with zero attached hydrogens (tertiary/aromatic N) is 1. The highest BCUT2D eigenvalue weighted by molar-refractivity contribution is 7.89. The number of aromatic nitrogens is 1. The second-order valence-corrected chi connectivity index (χ2v) is 8.96. The summed E-state index contributed by atoms with van der Waals surface area (Å²) in [5.41, 5.74) is 1.77. The number of benzene rings is 1. The molecule has 0 spiro atoms. The Kier molecular flexibility index (Phi) is 6.10. The number of carbonyl (C=O) groups excluding carboxylic acids is 1. The van der Waals surface area contributed by atoms with Gasteiger partial charge in [0.15, 0.2) is 0 Å². The normalized spacial score (nSPS) is 15.8.